The topological polar surface area (TPSA) is 24.9 Å². The van der Waals surface area contributed by atoms with E-state index in [1.54, 1.807) is 12.3 Å². The standard InChI is InChI=1S/C11H14Cl2N2/c1-7(2)4-10(14-3)11-9(13)5-8(12)6-15-11/h4-6,10,14H,1-3H3. The maximum atomic E-state index is 6.07. The highest BCUT2D eigenvalue weighted by atomic mass is 35.5. The van der Waals surface area contributed by atoms with Crippen molar-refractivity contribution >= 4 is 23.2 Å². The van der Waals surface area contributed by atoms with Crippen LogP contribution in [0.3, 0.4) is 0 Å². The molecule has 2 nitrogen and oxygen atoms in total. The number of pyridine rings is 1. The molecule has 1 atom stereocenters. The van der Waals surface area contributed by atoms with E-state index in [9.17, 15) is 0 Å². The summed E-state index contributed by atoms with van der Waals surface area (Å²) in [6, 6.07) is 1.73. The maximum Gasteiger partial charge on any atom is 0.0799 e. The largest absolute Gasteiger partial charge is 0.308 e. The summed E-state index contributed by atoms with van der Waals surface area (Å²) >= 11 is 11.9. The molecule has 1 aromatic rings. The molecule has 0 aliphatic heterocycles. The maximum absolute atomic E-state index is 6.07. The van der Waals surface area contributed by atoms with Crippen molar-refractivity contribution in [2.75, 3.05) is 7.05 Å². The minimum Gasteiger partial charge on any atom is -0.308 e. The van der Waals surface area contributed by atoms with Gasteiger partial charge in [0.2, 0.25) is 0 Å². The van der Waals surface area contributed by atoms with Crippen molar-refractivity contribution in [1.29, 1.82) is 0 Å². The van der Waals surface area contributed by atoms with Crippen molar-refractivity contribution < 1.29 is 0 Å². The SMILES string of the molecule is CNC(C=C(C)C)c1ncc(Cl)cc1Cl. The Labute approximate surface area is 100 Å². The van der Waals surface area contributed by atoms with Gasteiger partial charge in [0.1, 0.15) is 0 Å². The second-order valence-electron chi connectivity index (χ2n) is 3.53. The lowest BCUT2D eigenvalue weighted by Gasteiger charge is -2.13. The predicted molar refractivity (Wildman–Crippen MR) is 65.5 cm³/mol. The van der Waals surface area contributed by atoms with E-state index in [-0.39, 0.29) is 6.04 Å². The molecule has 0 fully saturated rings. The lowest BCUT2D eigenvalue weighted by atomic mass is 10.1. The number of aromatic nitrogens is 1. The zero-order chi connectivity index (χ0) is 11.4. The van der Waals surface area contributed by atoms with Crippen LogP contribution in [0.1, 0.15) is 25.6 Å². The number of allylic oxidation sites excluding steroid dienone is 1. The van der Waals surface area contributed by atoms with Gasteiger partial charge in [-0.15, -0.1) is 0 Å². The number of nitrogens with one attached hydrogen (secondary N) is 1. The van der Waals surface area contributed by atoms with Crippen LogP contribution < -0.4 is 5.32 Å². The van der Waals surface area contributed by atoms with Gasteiger partial charge in [0, 0.05) is 6.20 Å². The molecule has 1 heterocycles. The fourth-order valence-corrected chi connectivity index (χ4v) is 1.78. The van der Waals surface area contributed by atoms with Crippen LogP contribution in [-0.2, 0) is 0 Å². The number of likely N-dealkylation sites (N-methyl/N-ethyl adjacent to an activating group) is 1. The molecule has 15 heavy (non-hydrogen) atoms. The molecule has 0 aliphatic rings. The molecule has 0 saturated heterocycles. The summed E-state index contributed by atoms with van der Waals surface area (Å²) in [5, 5.41) is 4.28. The Hall–Kier alpha value is -0.570. The molecule has 1 aromatic heterocycles. The van der Waals surface area contributed by atoms with Gasteiger partial charge in [-0.1, -0.05) is 34.9 Å². The van der Waals surface area contributed by atoms with E-state index < -0.39 is 0 Å². The lowest BCUT2D eigenvalue weighted by Crippen LogP contribution is -2.16. The van der Waals surface area contributed by atoms with Crippen LogP contribution >= 0.6 is 23.2 Å². The van der Waals surface area contributed by atoms with E-state index in [1.165, 1.54) is 5.57 Å². The fraction of sp³-hybridized carbons (Fsp3) is 0.364. The van der Waals surface area contributed by atoms with Crippen LogP contribution in [0.2, 0.25) is 10.0 Å². The monoisotopic (exact) mass is 244 g/mol. The molecule has 1 N–H and O–H groups in total. The van der Waals surface area contributed by atoms with Crippen LogP contribution in [0.4, 0.5) is 0 Å². The number of nitrogens with zero attached hydrogens (tertiary/aromatic N) is 1. The molecule has 82 valence electrons. The highest BCUT2D eigenvalue weighted by Crippen LogP contribution is 2.24. The van der Waals surface area contributed by atoms with Crippen molar-refractivity contribution in [3.8, 4) is 0 Å². The lowest BCUT2D eigenvalue weighted by molar-refractivity contribution is 0.688. The van der Waals surface area contributed by atoms with Crippen LogP contribution in [0.15, 0.2) is 23.9 Å². The molecule has 0 spiro atoms. The fourth-order valence-electron chi connectivity index (χ4n) is 1.29. The summed E-state index contributed by atoms with van der Waals surface area (Å²) in [6.07, 6.45) is 3.67. The predicted octanol–water partition coefficient (Wildman–Crippen LogP) is 3.62. The van der Waals surface area contributed by atoms with Gasteiger partial charge in [-0.3, -0.25) is 4.98 Å². The number of hydrogen-bond acceptors (Lipinski definition) is 2. The Kier molecular flexibility index (Phi) is 4.58. The van der Waals surface area contributed by atoms with E-state index in [0.717, 1.165) is 5.69 Å². The summed E-state index contributed by atoms with van der Waals surface area (Å²) in [5.74, 6) is 0. The molecular weight excluding hydrogens is 231 g/mol. The van der Waals surface area contributed by atoms with E-state index in [2.05, 4.69) is 16.4 Å². The van der Waals surface area contributed by atoms with E-state index in [4.69, 9.17) is 23.2 Å². The van der Waals surface area contributed by atoms with Gasteiger partial charge in [-0.05, 0) is 27.0 Å². The van der Waals surface area contributed by atoms with Crippen LogP contribution in [0, 0.1) is 0 Å². The van der Waals surface area contributed by atoms with Gasteiger partial charge in [0.05, 0.1) is 21.8 Å². The Morgan fingerprint density at radius 1 is 1.47 bits per heavy atom. The molecular formula is C11H14Cl2N2. The highest BCUT2D eigenvalue weighted by molar-refractivity contribution is 6.34. The summed E-state index contributed by atoms with van der Waals surface area (Å²) in [5.41, 5.74) is 2.01. The molecule has 0 saturated carbocycles. The third-order valence-electron chi connectivity index (χ3n) is 1.94. The Bertz CT molecular complexity index is 371. The van der Waals surface area contributed by atoms with E-state index >= 15 is 0 Å². The van der Waals surface area contributed by atoms with Gasteiger partial charge in [0.15, 0.2) is 0 Å². The summed E-state index contributed by atoms with van der Waals surface area (Å²) in [7, 11) is 1.87. The van der Waals surface area contributed by atoms with Crippen molar-refractivity contribution in [3.05, 3.63) is 39.7 Å². The zero-order valence-electron chi connectivity index (χ0n) is 9.01. The Balaban J connectivity index is 3.07. The summed E-state index contributed by atoms with van der Waals surface area (Å²) in [4.78, 5) is 4.23. The van der Waals surface area contributed by atoms with E-state index in [0.29, 0.717) is 10.0 Å². The number of rotatable bonds is 3. The van der Waals surface area contributed by atoms with Crippen molar-refractivity contribution in [2.45, 2.75) is 19.9 Å². The molecule has 0 radical (unpaired) electrons. The highest BCUT2D eigenvalue weighted by Gasteiger charge is 2.11. The van der Waals surface area contributed by atoms with Crippen LogP contribution in [-0.4, -0.2) is 12.0 Å². The number of hydrogen-bond donors (Lipinski definition) is 1. The molecule has 4 heteroatoms. The Morgan fingerprint density at radius 3 is 2.60 bits per heavy atom. The first kappa shape index (κ1) is 12.5. The molecule has 1 rings (SSSR count). The van der Waals surface area contributed by atoms with Crippen molar-refractivity contribution in [2.24, 2.45) is 0 Å². The Morgan fingerprint density at radius 2 is 2.13 bits per heavy atom. The normalized spacial score (nSPS) is 12.3. The molecule has 0 aromatic carbocycles. The van der Waals surface area contributed by atoms with Crippen molar-refractivity contribution in [1.82, 2.24) is 10.3 Å². The van der Waals surface area contributed by atoms with E-state index in [1.807, 2.05) is 20.9 Å². The average molecular weight is 245 g/mol. The smallest absolute Gasteiger partial charge is 0.0799 e. The first-order valence-electron chi connectivity index (χ1n) is 4.68. The summed E-state index contributed by atoms with van der Waals surface area (Å²) < 4.78 is 0. The first-order chi connectivity index (χ1) is 7.04. The quantitative estimate of drug-likeness (QED) is 0.822. The molecule has 0 amide bonds. The molecule has 0 aliphatic carbocycles. The van der Waals surface area contributed by atoms with Gasteiger partial charge in [-0.2, -0.15) is 0 Å². The minimum atomic E-state index is 0.0276. The van der Waals surface area contributed by atoms with Gasteiger partial charge in [-0.25, -0.2) is 0 Å². The van der Waals surface area contributed by atoms with Gasteiger partial charge in [0.25, 0.3) is 0 Å². The van der Waals surface area contributed by atoms with Gasteiger partial charge < -0.3 is 5.32 Å². The third kappa shape index (κ3) is 3.49. The second-order valence-corrected chi connectivity index (χ2v) is 4.37. The second kappa shape index (κ2) is 5.50. The van der Waals surface area contributed by atoms with Gasteiger partial charge >= 0.3 is 0 Å². The molecule has 0 bridgehead atoms. The third-order valence-corrected chi connectivity index (χ3v) is 2.45. The zero-order valence-corrected chi connectivity index (χ0v) is 10.5. The first-order valence-corrected chi connectivity index (χ1v) is 5.43. The van der Waals surface area contributed by atoms with Crippen molar-refractivity contribution in [3.63, 3.8) is 0 Å². The molecule has 1 unspecified atom stereocenters. The van der Waals surface area contributed by atoms with Crippen LogP contribution in [0.25, 0.3) is 0 Å². The average Bonchev–Trinajstić information content (AvgIpc) is 2.14. The number of halogens is 2. The minimum absolute atomic E-state index is 0.0276. The summed E-state index contributed by atoms with van der Waals surface area (Å²) in [6.45, 7) is 4.07. The van der Waals surface area contributed by atoms with Crippen LogP contribution in [0.5, 0.6) is 0 Å².